The Morgan fingerprint density at radius 3 is 2.00 bits per heavy atom. The third kappa shape index (κ3) is 5.84. The zero-order valence-electron chi connectivity index (χ0n) is 24.2. The first-order valence-electron chi connectivity index (χ1n) is 12.9. The van der Waals surface area contributed by atoms with Gasteiger partial charge >= 0.3 is 28.0 Å². The molecule has 3 heterocycles. The number of hydroxylamine groups is 3. The van der Waals surface area contributed by atoms with Crippen molar-refractivity contribution in [1.82, 2.24) is 14.7 Å². The maximum Gasteiger partial charge on any atom is 0.351 e. The molecule has 4 rings (SSSR count). The number of hydrogen-bond acceptors (Lipinski definition) is 16. The van der Waals surface area contributed by atoms with Gasteiger partial charge in [-0.15, -0.1) is 0 Å². The van der Waals surface area contributed by atoms with Crippen molar-refractivity contribution >= 4 is 67.6 Å². The number of amides is 1. The highest BCUT2D eigenvalue weighted by Crippen LogP contribution is 2.57. The van der Waals surface area contributed by atoms with Crippen molar-refractivity contribution in [2.24, 2.45) is 11.5 Å². The summed E-state index contributed by atoms with van der Waals surface area (Å²) in [6.07, 6.45) is 7.54. The summed E-state index contributed by atoms with van der Waals surface area (Å²) in [4.78, 5) is 48.9. The molecule has 2 aliphatic heterocycles. The molecule has 2 aliphatic rings. The van der Waals surface area contributed by atoms with E-state index in [9.17, 15) is 31.2 Å². The summed E-state index contributed by atoms with van der Waals surface area (Å²) in [6.45, 7) is 0. The number of thioether (sulfide) groups is 2. The second kappa shape index (κ2) is 12.6. The summed E-state index contributed by atoms with van der Waals surface area (Å²) >= 11 is 2.83. The van der Waals surface area contributed by atoms with Crippen LogP contribution in [0.2, 0.25) is 0 Å². The van der Waals surface area contributed by atoms with Gasteiger partial charge in [-0.05, 0) is 72.3 Å². The van der Waals surface area contributed by atoms with Crippen molar-refractivity contribution in [1.29, 1.82) is 0 Å². The third-order valence-electron chi connectivity index (χ3n) is 7.43. The quantitative estimate of drug-likeness (QED) is 0.0699. The van der Waals surface area contributed by atoms with Crippen LogP contribution < -0.4 is 16.9 Å². The number of nitrogens with two attached hydrogens (primary N) is 2. The van der Waals surface area contributed by atoms with E-state index in [0.717, 1.165) is 27.7 Å². The molecule has 246 valence electrons. The molecule has 0 aliphatic carbocycles. The minimum absolute atomic E-state index is 0.0404. The standard InChI is InChI=1S/C25H31N5O11S4/c1-42-12-9-23(26)21(32)39-30-25(23,24(27,10-13-43-2)22(33)40-30)17-4-6-18(7-5-17)45(37,38)29-11-8-16(15-29)14-19(20(31)28-34)41-44(3,35)36/h4-8,11,14-15,34H,9-10,12-13,26-27H2,1-3H3,(H,28,31)/b19-14+. The largest absolute Gasteiger partial charge is 0.377 e. The number of hydrogen-bond donors (Lipinski definition) is 4. The van der Waals surface area contributed by atoms with Crippen LogP contribution in [0.3, 0.4) is 0 Å². The molecule has 2 aromatic rings. The summed E-state index contributed by atoms with van der Waals surface area (Å²) < 4.78 is 55.5. The summed E-state index contributed by atoms with van der Waals surface area (Å²) in [5, 5.41) is 9.65. The molecule has 16 nitrogen and oxygen atoms in total. The van der Waals surface area contributed by atoms with Crippen molar-refractivity contribution in [3.05, 3.63) is 59.6 Å². The molecule has 1 amide bonds. The Labute approximate surface area is 267 Å². The molecule has 0 radical (unpaired) electrons. The van der Waals surface area contributed by atoms with Crippen molar-refractivity contribution < 1.29 is 50.3 Å². The van der Waals surface area contributed by atoms with Crippen LogP contribution >= 0.6 is 23.5 Å². The number of benzene rings is 1. The highest BCUT2D eigenvalue weighted by Gasteiger charge is 2.81. The summed E-state index contributed by atoms with van der Waals surface area (Å²) in [5.41, 5.74) is 9.55. The fourth-order valence-electron chi connectivity index (χ4n) is 5.32. The van der Waals surface area contributed by atoms with E-state index in [0.29, 0.717) is 17.8 Å². The van der Waals surface area contributed by atoms with Gasteiger partial charge < -0.3 is 25.3 Å². The van der Waals surface area contributed by atoms with E-state index in [4.69, 9.17) is 26.3 Å². The lowest BCUT2D eigenvalue weighted by molar-refractivity contribution is -0.325. The Kier molecular flexibility index (Phi) is 9.72. The normalized spacial score (nSPS) is 25.5. The number of rotatable bonds is 13. The van der Waals surface area contributed by atoms with Gasteiger partial charge in [-0.1, -0.05) is 12.1 Å². The average molecular weight is 706 g/mol. The lowest BCUT2D eigenvalue weighted by Crippen LogP contribution is -2.74. The lowest BCUT2D eigenvalue weighted by atomic mass is 9.61. The Hall–Kier alpha value is -3.11. The Balaban J connectivity index is 1.78. The Morgan fingerprint density at radius 2 is 1.53 bits per heavy atom. The first-order valence-corrected chi connectivity index (χ1v) is 19.0. The van der Waals surface area contributed by atoms with E-state index >= 15 is 0 Å². The van der Waals surface area contributed by atoms with E-state index in [2.05, 4.69) is 4.18 Å². The molecule has 2 fully saturated rings. The monoisotopic (exact) mass is 705 g/mol. The molecule has 0 spiro atoms. The molecule has 0 bridgehead atoms. The number of carbonyl (C=O) groups excluding carboxylic acids is 3. The van der Waals surface area contributed by atoms with Crippen LogP contribution in [0.1, 0.15) is 24.0 Å². The zero-order chi connectivity index (χ0) is 33.4. The summed E-state index contributed by atoms with van der Waals surface area (Å²) in [7, 11) is -8.45. The molecule has 2 unspecified atom stereocenters. The zero-order valence-corrected chi connectivity index (χ0v) is 27.4. The SMILES string of the molecule is CSCCC1(N)C(=O)ON2OC(=O)C(N)(CCSC)C21c1ccc(S(=O)(=O)n2ccc(/C=C(/OS(C)(=O)=O)C(=O)NO)c2)cc1. The highest BCUT2D eigenvalue weighted by molar-refractivity contribution is 7.98. The van der Waals surface area contributed by atoms with Crippen molar-refractivity contribution in [3.63, 3.8) is 0 Å². The minimum Gasteiger partial charge on any atom is -0.377 e. The van der Waals surface area contributed by atoms with Gasteiger partial charge in [0, 0.05) is 12.4 Å². The van der Waals surface area contributed by atoms with E-state index in [1.807, 2.05) is 12.5 Å². The highest BCUT2D eigenvalue weighted by atomic mass is 32.2. The van der Waals surface area contributed by atoms with Gasteiger partial charge in [0.1, 0.15) is 11.1 Å². The van der Waals surface area contributed by atoms with Crippen molar-refractivity contribution in [3.8, 4) is 0 Å². The van der Waals surface area contributed by atoms with Crippen LogP contribution in [-0.2, 0) is 53.9 Å². The van der Waals surface area contributed by atoms with E-state index in [1.54, 1.807) is 0 Å². The van der Waals surface area contributed by atoms with Crippen molar-refractivity contribution in [2.45, 2.75) is 34.4 Å². The number of carbonyl (C=O) groups is 3. The Bertz CT molecular complexity index is 1710. The first-order chi connectivity index (χ1) is 21.0. The number of fused-ring (bicyclic) bond motifs is 1. The number of nitrogens with zero attached hydrogens (tertiary/aromatic N) is 2. The second-order valence-electron chi connectivity index (χ2n) is 10.2. The molecule has 6 N–H and O–H groups in total. The molecular formula is C25H31N5O11S4. The molecule has 0 saturated carbocycles. The fraction of sp³-hybridized carbons (Fsp3) is 0.400. The van der Waals surface area contributed by atoms with E-state index in [-0.39, 0.29) is 28.9 Å². The van der Waals surface area contributed by atoms with Crippen LogP contribution in [0.15, 0.2) is 53.4 Å². The molecular weight excluding hydrogens is 675 g/mol. The van der Waals surface area contributed by atoms with Gasteiger partial charge in [-0.2, -0.15) is 31.9 Å². The Morgan fingerprint density at radius 1 is 1.00 bits per heavy atom. The molecule has 2 atom stereocenters. The topological polar surface area (TPSA) is 240 Å². The smallest absolute Gasteiger partial charge is 0.351 e. The predicted octanol–water partition coefficient (Wildman–Crippen LogP) is -0.110. The predicted molar refractivity (Wildman–Crippen MR) is 163 cm³/mol. The van der Waals surface area contributed by atoms with Gasteiger partial charge in [0.25, 0.3) is 10.0 Å². The van der Waals surface area contributed by atoms with Gasteiger partial charge in [-0.3, -0.25) is 10.0 Å². The van der Waals surface area contributed by atoms with Crippen LogP contribution in [0.5, 0.6) is 0 Å². The summed E-state index contributed by atoms with van der Waals surface area (Å²) in [5.74, 6) is -3.01. The maximum absolute atomic E-state index is 13.5. The second-order valence-corrected chi connectivity index (χ2v) is 15.6. The molecule has 1 aromatic heterocycles. The number of aromatic nitrogens is 1. The van der Waals surface area contributed by atoms with Gasteiger partial charge in [0.15, 0.2) is 5.54 Å². The number of nitrogens with one attached hydrogen (secondary N) is 1. The van der Waals surface area contributed by atoms with Crippen LogP contribution in [0.25, 0.3) is 6.08 Å². The lowest BCUT2D eigenvalue weighted by Gasteiger charge is -2.45. The third-order valence-corrected chi connectivity index (χ3v) is 10.8. The van der Waals surface area contributed by atoms with Crippen LogP contribution in [0.4, 0.5) is 0 Å². The van der Waals surface area contributed by atoms with Gasteiger partial charge in [0.05, 0.1) is 16.4 Å². The van der Waals surface area contributed by atoms with Crippen LogP contribution in [0, 0.1) is 0 Å². The average Bonchev–Trinajstić information content (AvgIpc) is 3.61. The van der Waals surface area contributed by atoms with Gasteiger partial charge in [-0.25, -0.2) is 27.5 Å². The molecule has 20 heteroatoms. The molecule has 45 heavy (non-hydrogen) atoms. The van der Waals surface area contributed by atoms with Crippen molar-refractivity contribution in [2.75, 3.05) is 30.3 Å². The minimum atomic E-state index is -4.29. The maximum atomic E-state index is 13.5. The first kappa shape index (κ1) is 34.8. The van der Waals surface area contributed by atoms with E-state index < -0.39 is 60.4 Å². The molecule has 1 aromatic carbocycles. The van der Waals surface area contributed by atoms with Crippen LogP contribution in [-0.4, -0.2) is 90.4 Å². The molecule has 2 saturated heterocycles. The summed E-state index contributed by atoms with van der Waals surface area (Å²) in [6, 6.07) is 6.48. The van der Waals surface area contributed by atoms with E-state index in [1.165, 1.54) is 59.3 Å². The fourth-order valence-corrected chi connectivity index (χ4v) is 8.02. The van der Waals surface area contributed by atoms with Gasteiger partial charge in [0.2, 0.25) is 5.76 Å².